The smallest absolute Gasteiger partial charge is 0.0366 e. The van der Waals surface area contributed by atoms with Gasteiger partial charge in [0.25, 0.3) is 0 Å². The van der Waals surface area contributed by atoms with Crippen molar-refractivity contribution >= 4 is 5.69 Å². The van der Waals surface area contributed by atoms with Crippen LogP contribution < -0.4 is 10.2 Å². The summed E-state index contributed by atoms with van der Waals surface area (Å²) in [6.07, 6.45) is 1.23. The summed E-state index contributed by atoms with van der Waals surface area (Å²) in [7, 11) is 0. The highest BCUT2D eigenvalue weighted by molar-refractivity contribution is 5.47. The third-order valence-corrected chi connectivity index (χ3v) is 4.00. The van der Waals surface area contributed by atoms with Crippen molar-refractivity contribution < 1.29 is 0 Å². The second-order valence-corrected chi connectivity index (χ2v) is 5.42. The van der Waals surface area contributed by atoms with Crippen LogP contribution in [0.1, 0.15) is 39.7 Å². The molecule has 1 aromatic rings. The van der Waals surface area contributed by atoms with E-state index >= 15 is 0 Å². The first-order valence-electron chi connectivity index (χ1n) is 7.67. The lowest BCUT2D eigenvalue weighted by Crippen LogP contribution is -2.45. The number of nitrogens with zero attached hydrogens (tertiary/aromatic N) is 1. The molecule has 0 saturated carbocycles. The predicted molar refractivity (Wildman–Crippen MR) is 86.0 cm³/mol. The molecule has 0 heterocycles. The van der Waals surface area contributed by atoms with Crippen LogP contribution in [0.2, 0.25) is 0 Å². The largest absolute Gasteiger partial charge is 0.370 e. The topological polar surface area (TPSA) is 15.3 Å². The van der Waals surface area contributed by atoms with E-state index in [-0.39, 0.29) is 0 Å². The number of aryl methyl sites for hydroxylation is 1. The second-order valence-electron chi connectivity index (χ2n) is 5.42. The van der Waals surface area contributed by atoms with Crippen LogP contribution in [0.4, 0.5) is 5.69 Å². The average Bonchev–Trinajstić information content (AvgIpc) is 2.43. The molecule has 2 heteroatoms. The monoisotopic (exact) mass is 262 g/mol. The SMILES string of the molecule is CCNC(CN(CC)c1ccc(C)cc1)C(C)CC. The number of benzene rings is 1. The van der Waals surface area contributed by atoms with Gasteiger partial charge in [0.2, 0.25) is 0 Å². The van der Waals surface area contributed by atoms with Crippen molar-refractivity contribution in [3.8, 4) is 0 Å². The van der Waals surface area contributed by atoms with Gasteiger partial charge in [-0.2, -0.15) is 0 Å². The van der Waals surface area contributed by atoms with Crippen molar-refractivity contribution in [1.82, 2.24) is 5.32 Å². The Morgan fingerprint density at radius 3 is 2.21 bits per heavy atom. The van der Waals surface area contributed by atoms with Crippen LogP contribution in [0.3, 0.4) is 0 Å². The quantitative estimate of drug-likeness (QED) is 0.765. The van der Waals surface area contributed by atoms with Crippen LogP contribution in [-0.2, 0) is 0 Å². The van der Waals surface area contributed by atoms with Crippen LogP contribution in [-0.4, -0.2) is 25.7 Å². The fourth-order valence-electron chi connectivity index (χ4n) is 2.40. The van der Waals surface area contributed by atoms with Crippen LogP contribution in [0, 0.1) is 12.8 Å². The highest BCUT2D eigenvalue weighted by Crippen LogP contribution is 2.17. The van der Waals surface area contributed by atoms with Crippen molar-refractivity contribution in [2.24, 2.45) is 5.92 Å². The van der Waals surface area contributed by atoms with Gasteiger partial charge >= 0.3 is 0 Å². The number of rotatable bonds is 8. The fourth-order valence-corrected chi connectivity index (χ4v) is 2.40. The van der Waals surface area contributed by atoms with Crippen molar-refractivity contribution in [2.45, 2.75) is 47.1 Å². The van der Waals surface area contributed by atoms with E-state index in [4.69, 9.17) is 0 Å². The molecule has 0 fully saturated rings. The summed E-state index contributed by atoms with van der Waals surface area (Å²) in [5.41, 5.74) is 2.66. The van der Waals surface area contributed by atoms with Gasteiger partial charge in [-0.15, -0.1) is 0 Å². The van der Waals surface area contributed by atoms with Crippen LogP contribution in [0.5, 0.6) is 0 Å². The minimum Gasteiger partial charge on any atom is -0.370 e. The van der Waals surface area contributed by atoms with Gasteiger partial charge in [0, 0.05) is 24.8 Å². The zero-order chi connectivity index (χ0) is 14.3. The molecule has 0 aliphatic heterocycles. The Hall–Kier alpha value is -1.02. The van der Waals surface area contributed by atoms with Gasteiger partial charge in [0.1, 0.15) is 0 Å². The van der Waals surface area contributed by atoms with E-state index in [1.807, 2.05) is 0 Å². The summed E-state index contributed by atoms with van der Waals surface area (Å²) in [5.74, 6) is 0.708. The maximum atomic E-state index is 3.64. The summed E-state index contributed by atoms with van der Waals surface area (Å²) in [6, 6.07) is 9.43. The molecule has 19 heavy (non-hydrogen) atoms. The van der Waals surface area contributed by atoms with Crippen molar-refractivity contribution in [3.05, 3.63) is 29.8 Å². The third kappa shape index (κ3) is 4.87. The Kier molecular flexibility index (Phi) is 6.93. The highest BCUT2D eigenvalue weighted by Gasteiger charge is 2.18. The second kappa shape index (κ2) is 8.21. The highest BCUT2D eigenvalue weighted by atomic mass is 15.2. The molecule has 2 nitrogen and oxygen atoms in total. The zero-order valence-corrected chi connectivity index (χ0v) is 13.2. The lowest BCUT2D eigenvalue weighted by Gasteiger charge is -2.32. The molecule has 0 bridgehead atoms. The molecule has 0 aliphatic rings. The Bertz CT molecular complexity index is 345. The van der Waals surface area contributed by atoms with E-state index in [1.165, 1.54) is 17.7 Å². The Morgan fingerprint density at radius 2 is 1.74 bits per heavy atom. The minimum atomic E-state index is 0.566. The van der Waals surface area contributed by atoms with Crippen molar-refractivity contribution in [3.63, 3.8) is 0 Å². The molecule has 2 atom stereocenters. The number of nitrogens with one attached hydrogen (secondary N) is 1. The van der Waals surface area contributed by atoms with E-state index < -0.39 is 0 Å². The number of hydrogen-bond acceptors (Lipinski definition) is 2. The maximum Gasteiger partial charge on any atom is 0.0366 e. The van der Waals surface area contributed by atoms with Crippen LogP contribution in [0.15, 0.2) is 24.3 Å². The Labute approximate surface area is 119 Å². The number of likely N-dealkylation sites (N-methyl/N-ethyl adjacent to an activating group) is 2. The lowest BCUT2D eigenvalue weighted by atomic mass is 9.98. The van der Waals surface area contributed by atoms with Gasteiger partial charge < -0.3 is 10.2 Å². The maximum absolute atomic E-state index is 3.64. The first-order valence-corrected chi connectivity index (χ1v) is 7.67. The lowest BCUT2D eigenvalue weighted by molar-refractivity contribution is 0.373. The number of anilines is 1. The molecule has 1 aromatic carbocycles. The summed E-state index contributed by atoms with van der Waals surface area (Å²) in [6.45, 7) is 14.4. The van der Waals surface area contributed by atoms with E-state index in [1.54, 1.807) is 0 Å². The van der Waals surface area contributed by atoms with E-state index in [0.717, 1.165) is 19.6 Å². The molecule has 2 unspecified atom stereocenters. The van der Waals surface area contributed by atoms with E-state index in [0.29, 0.717) is 12.0 Å². The standard InChI is InChI=1S/C17H30N2/c1-6-15(5)17(18-7-2)13-19(8-3)16-11-9-14(4)10-12-16/h9-12,15,17-18H,6-8,13H2,1-5H3. The molecule has 0 spiro atoms. The molecular formula is C17H30N2. The molecule has 0 aromatic heterocycles. The van der Waals surface area contributed by atoms with Gasteiger partial charge in [0.15, 0.2) is 0 Å². The van der Waals surface area contributed by atoms with Gasteiger partial charge in [0.05, 0.1) is 0 Å². The Balaban J connectivity index is 2.75. The van der Waals surface area contributed by atoms with Gasteiger partial charge in [-0.05, 0) is 38.4 Å². The van der Waals surface area contributed by atoms with E-state index in [2.05, 4.69) is 69.1 Å². The normalized spacial score (nSPS) is 14.2. The molecule has 1 N–H and O–H groups in total. The third-order valence-electron chi connectivity index (χ3n) is 4.00. The van der Waals surface area contributed by atoms with Crippen LogP contribution >= 0.6 is 0 Å². The first-order chi connectivity index (χ1) is 9.12. The Morgan fingerprint density at radius 1 is 1.11 bits per heavy atom. The molecule has 0 saturated heterocycles. The van der Waals surface area contributed by atoms with Crippen molar-refractivity contribution in [2.75, 3.05) is 24.5 Å². The first kappa shape index (κ1) is 16.0. The molecule has 108 valence electrons. The summed E-state index contributed by atoms with van der Waals surface area (Å²) in [5, 5.41) is 3.64. The zero-order valence-electron chi connectivity index (χ0n) is 13.2. The predicted octanol–water partition coefficient (Wildman–Crippen LogP) is 3.85. The van der Waals surface area contributed by atoms with Gasteiger partial charge in [-0.3, -0.25) is 0 Å². The van der Waals surface area contributed by atoms with Gasteiger partial charge in [-0.25, -0.2) is 0 Å². The molecule has 0 amide bonds. The minimum absolute atomic E-state index is 0.566. The molecule has 0 radical (unpaired) electrons. The summed E-state index contributed by atoms with van der Waals surface area (Å²) >= 11 is 0. The van der Waals surface area contributed by atoms with Crippen molar-refractivity contribution in [1.29, 1.82) is 0 Å². The average molecular weight is 262 g/mol. The number of hydrogen-bond donors (Lipinski definition) is 1. The fraction of sp³-hybridized carbons (Fsp3) is 0.647. The van der Waals surface area contributed by atoms with E-state index in [9.17, 15) is 0 Å². The summed E-state index contributed by atoms with van der Waals surface area (Å²) in [4.78, 5) is 2.47. The molecule has 1 rings (SSSR count). The summed E-state index contributed by atoms with van der Waals surface area (Å²) < 4.78 is 0. The molecular weight excluding hydrogens is 232 g/mol. The van der Waals surface area contributed by atoms with Crippen LogP contribution in [0.25, 0.3) is 0 Å². The molecule has 0 aliphatic carbocycles. The van der Waals surface area contributed by atoms with Gasteiger partial charge in [-0.1, -0.05) is 44.9 Å².